The molecule has 0 aliphatic heterocycles. The number of nitrogens with one attached hydrogen (secondary N) is 1. The summed E-state index contributed by atoms with van der Waals surface area (Å²) in [5.41, 5.74) is 2.11. The molecule has 4 nitrogen and oxygen atoms in total. The number of anilines is 1. The molecule has 128 valence electrons. The van der Waals surface area contributed by atoms with Crippen LogP contribution in [0, 0.1) is 17.1 Å². The molecule has 2 aromatic carbocycles. The summed E-state index contributed by atoms with van der Waals surface area (Å²) in [6, 6.07) is 15.4. The van der Waals surface area contributed by atoms with Crippen LogP contribution in [0.3, 0.4) is 0 Å². The highest BCUT2D eigenvalue weighted by Crippen LogP contribution is 2.30. The number of hydrogen-bond acceptors (Lipinski definition) is 3. The molecule has 0 saturated heterocycles. The van der Waals surface area contributed by atoms with Crippen molar-refractivity contribution in [2.45, 2.75) is 38.4 Å². The predicted octanol–water partition coefficient (Wildman–Crippen LogP) is 3.69. The predicted molar refractivity (Wildman–Crippen MR) is 94.2 cm³/mol. The monoisotopic (exact) mass is 337 g/mol. The smallest absolute Gasteiger partial charge is 0.241 e. The van der Waals surface area contributed by atoms with Gasteiger partial charge in [-0.25, -0.2) is 4.39 Å². The summed E-state index contributed by atoms with van der Waals surface area (Å²) >= 11 is 0. The van der Waals surface area contributed by atoms with E-state index in [1.54, 1.807) is 36.4 Å². The van der Waals surface area contributed by atoms with Gasteiger partial charge < -0.3 is 5.32 Å². The summed E-state index contributed by atoms with van der Waals surface area (Å²) in [4.78, 5) is 14.8. The number of halogens is 1. The van der Waals surface area contributed by atoms with Gasteiger partial charge in [-0.15, -0.1) is 0 Å². The van der Waals surface area contributed by atoms with Gasteiger partial charge in [-0.2, -0.15) is 5.26 Å². The Morgan fingerprint density at radius 3 is 2.68 bits per heavy atom. The van der Waals surface area contributed by atoms with Crippen LogP contribution < -0.4 is 5.32 Å². The molecular formula is C20H20FN3O. The first-order chi connectivity index (χ1) is 12.1. The van der Waals surface area contributed by atoms with Gasteiger partial charge in [0, 0.05) is 18.3 Å². The minimum atomic E-state index is -0.316. The van der Waals surface area contributed by atoms with E-state index in [9.17, 15) is 9.18 Å². The normalized spacial score (nSPS) is 14.8. The SMILES string of the molecule is C[C@H](C(=O)Nc1cccc(C#N)c1)N(Cc1ccc(F)cc1)C1CC1. The summed E-state index contributed by atoms with van der Waals surface area (Å²) in [6.45, 7) is 2.49. The van der Waals surface area contributed by atoms with Crippen LogP contribution in [0.1, 0.15) is 30.9 Å². The number of nitriles is 1. The fourth-order valence-corrected chi connectivity index (χ4v) is 2.85. The second-order valence-electron chi connectivity index (χ2n) is 6.39. The average Bonchev–Trinajstić information content (AvgIpc) is 3.45. The number of hydrogen-bond donors (Lipinski definition) is 1. The first-order valence-electron chi connectivity index (χ1n) is 8.38. The van der Waals surface area contributed by atoms with Crippen molar-refractivity contribution in [2.75, 3.05) is 5.32 Å². The number of carbonyl (C=O) groups is 1. The van der Waals surface area contributed by atoms with Crippen molar-refractivity contribution in [3.63, 3.8) is 0 Å². The zero-order chi connectivity index (χ0) is 17.8. The van der Waals surface area contributed by atoms with Crippen LogP contribution in [0.25, 0.3) is 0 Å². The second kappa shape index (κ2) is 7.45. The summed E-state index contributed by atoms with van der Waals surface area (Å²) in [6.07, 6.45) is 2.14. The van der Waals surface area contributed by atoms with Crippen molar-refractivity contribution < 1.29 is 9.18 Å². The number of amides is 1. The third kappa shape index (κ3) is 4.43. The van der Waals surface area contributed by atoms with E-state index in [0.717, 1.165) is 18.4 Å². The molecule has 0 unspecified atom stereocenters. The van der Waals surface area contributed by atoms with Gasteiger partial charge in [0.25, 0.3) is 0 Å². The van der Waals surface area contributed by atoms with Crippen molar-refractivity contribution in [2.24, 2.45) is 0 Å². The molecule has 0 spiro atoms. The van der Waals surface area contributed by atoms with Gasteiger partial charge >= 0.3 is 0 Å². The zero-order valence-corrected chi connectivity index (χ0v) is 14.1. The minimum Gasteiger partial charge on any atom is -0.325 e. The van der Waals surface area contributed by atoms with E-state index < -0.39 is 0 Å². The molecule has 0 heterocycles. The first-order valence-corrected chi connectivity index (χ1v) is 8.38. The lowest BCUT2D eigenvalue weighted by Gasteiger charge is -2.28. The third-order valence-corrected chi connectivity index (χ3v) is 4.43. The van der Waals surface area contributed by atoms with Crippen molar-refractivity contribution in [3.05, 3.63) is 65.5 Å². The van der Waals surface area contributed by atoms with Gasteiger partial charge in [0.05, 0.1) is 17.7 Å². The summed E-state index contributed by atoms with van der Waals surface area (Å²) < 4.78 is 13.1. The molecule has 0 radical (unpaired) electrons. The molecule has 1 aliphatic rings. The van der Waals surface area contributed by atoms with E-state index in [1.807, 2.05) is 6.92 Å². The Morgan fingerprint density at radius 2 is 2.04 bits per heavy atom. The van der Waals surface area contributed by atoms with Crippen LogP contribution in [0.2, 0.25) is 0 Å². The van der Waals surface area contributed by atoms with Crippen molar-refractivity contribution >= 4 is 11.6 Å². The Bertz CT molecular complexity index is 793. The maximum absolute atomic E-state index is 13.1. The minimum absolute atomic E-state index is 0.107. The largest absolute Gasteiger partial charge is 0.325 e. The molecule has 2 aromatic rings. The molecule has 25 heavy (non-hydrogen) atoms. The molecule has 0 aromatic heterocycles. The number of nitrogens with zero attached hydrogens (tertiary/aromatic N) is 2. The molecule has 0 bridgehead atoms. The van der Waals surface area contributed by atoms with E-state index >= 15 is 0 Å². The lowest BCUT2D eigenvalue weighted by molar-refractivity contribution is -0.121. The standard InChI is InChI=1S/C20H20FN3O/c1-14(20(25)23-18-4-2-3-16(11-18)12-22)24(19-9-10-19)13-15-5-7-17(21)8-6-15/h2-8,11,14,19H,9-10,13H2,1H3,(H,23,25)/t14-/m1/s1. The topological polar surface area (TPSA) is 56.1 Å². The quantitative estimate of drug-likeness (QED) is 0.875. The van der Waals surface area contributed by atoms with E-state index in [4.69, 9.17) is 5.26 Å². The highest BCUT2D eigenvalue weighted by atomic mass is 19.1. The maximum atomic E-state index is 13.1. The van der Waals surface area contributed by atoms with Crippen LogP contribution in [-0.2, 0) is 11.3 Å². The van der Waals surface area contributed by atoms with Crippen LogP contribution in [0.4, 0.5) is 10.1 Å². The van der Waals surface area contributed by atoms with Crippen molar-refractivity contribution in [1.82, 2.24) is 4.90 Å². The molecule has 5 heteroatoms. The zero-order valence-electron chi connectivity index (χ0n) is 14.1. The number of carbonyl (C=O) groups excluding carboxylic acids is 1. The highest BCUT2D eigenvalue weighted by molar-refractivity contribution is 5.94. The maximum Gasteiger partial charge on any atom is 0.241 e. The van der Waals surface area contributed by atoms with Crippen LogP contribution in [0.15, 0.2) is 48.5 Å². The molecule has 1 amide bonds. The Morgan fingerprint density at radius 1 is 1.32 bits per heavy atom. The van der Waals surface area contributed by atoms with Gasteiger partial charge in [0.15, 0.2) is 0 Å². The highest BCUT2D eigenvalue weighted by Gasteiger charge is 2.35. The van der Waals surface area contributed by atoms with Gasteiger partial charge in [-0.3, -0.25) is 9.69 Å². The van der Waals surface area contributed by atoms with E-state index in [-0.39, 0.29) is 17.8 Å². The molecule has 1 fully saturated rings. The molecule has 1 aliphatic carbocycles. The Kier molecular flexibility index (Phi) is 5.11. The third-order valence-electron chi connectivity index (χ3n) is 4.43. The van der Waals surface area contributed by atoms with Gasteiger partial charge in [0.2, 0.25) is 5.91 Å². The van der Waals surface area contributed by atoms with Crippen molar-refractivity contribution in [3.8, 4) is 6.07 Å². The van der Waals surface area contributed by atoms with Gasteiger partial charge in [0.1, 0.15) is 5.82 Å². The fraction of sp³-hybridized carbons (Fsp3) is 0.300. The van der Waals surface area contributed by atoms with Crippen LogP contribution >= 0.6 is 0 Å². The molecule has 1 saturated carbocycles. The summed E-state index contributed by atoms with van der Waals surface area (Å²) in [5, 5.41) is 11.8. The molecule has 1 N–H and O–H groups in total. The lowest BCUT2D eigenvalue weighted by Crippen LogP contribution is -2.43. The molecule has 1 atom stereocenters. The van der Waals surface area contributed by atoms with E-state index in [0.29, 0.717) is 23.8 Å². The summed E-state index contributed by atoms with van der Waals surface area (Å²) in [7, 11) is 0. The molecule has 3 rings (SSSR count). The lowest BCUT2D eigenvalue weighted by atomic mass is 10.1. The second-order valence-corrected chi connectivity index (χ2v) is 6.39. The van der Waals surface area contributed by atoms with E-state index in [1.165, 1.54) is 12.1 Å². The summed E-state index contributed by atoms with van der Waals surface area (Å²) in [5.74, 6) is -0.367. The van der Waals surface area contributed by atoms with Crippen molar-refractivity contribution in [1.29, 1.82) is 5.26 Å². The number of benzene rings is 2. The number of rotatable bonds is 6. The fourth-order valence-electron chi connectivity index (χ4n) is 2.85. The Hall–Kier alpha value is -2.71. The average molecular weight is 337 g/mol. The van der Waals surface area contributed by atoms with Crippen LogP contribution in [-0.4, -0.2) is 22.9 Å². The van der Waals surface area contributed by atoms with Gasteiger partial charge in [-0.05, 0) is 55.7 Å². The Balaban J connectivity index is 1.69. The molecular weight excluding hydrogens is 317 g/mol. The van der Waals surface area contributed by atoms with Crippen LogP contribution in [0.5, 0.6) is 0 Å². The van der Waals surface area contributed by atoms with Gasteiger partial charge in [-0.1, -0.05) is 18.2 Å². The first kappa shape index (κ1) is 17.1. The van der Waals surface area contributed by atoms with E-state index in [2.05, 4.69) is 16.3 Å². The Labute approximate surface area is 146 Å².